The van der Waals surface area contributed by atoms with Crippen LogP contribution in [0.2, 0.25) is 0 Å². The first-order valence-electron chi connectivity index (χ1n) is 5.67. The van der Waals surface area contributed by atoms with Gasteiger partial charge in [0.05, 0.1) is 12.0 Å². The molecule has 0 aliphatic heterocycles. The Kier molecular flexibility index (Phi) is 4.34. The third-order valence-electron chi connectivity index (χ3n) is 2.57. The first-order valence-corrected chi connectivity index (χ1v) is 6.47. The molecule has 1 heterocycles. The number of nitrogens with one attached hydrogen (secondary N) is 1. The van der Waals surface area contributed by atoms with Crippen LogP contribution in [0.15, 0.2) is 41.3 Å². The molecular weight excluding hydrogens is 278 g/mol. The van der Waals surface area contributed by atoms with Crippen molar-refractivity contribution in [3.8, 4) is 0 Å². The summed E-state index contributed by atoms with van der Waals surface area (Å²) < 4.78 is 3.23. The Labute approximate surface area is 110 Å². The summed E-state index contributed by atoms with van der Waals surface area (Å²) in [4.78, 5) is 4.38. The standard InChI is InChI=1S/C13H16BrN3/c1-15-6-5-13-9-17(10-16-13)8-11-3-2-4-12(14)7-11/h2-4,7,9-10,15H,5-6,8H2,1H3. The van der Waals surface area contributed by atoms with Crippen LogP contribution in [-0.2, 0) is 13.0 Å². The maximum absolute atomic E-state index is 4.38. The molecule has 3 nitrogen and oxygen atoms in total. The van der Waals surface area contributed by atoms with E-state index in [-0.39, 0.29) is 0 Å². The molecule has 0 aliphatic carbocycles. The fourth-order valence-electron chi connectivity index (χ4n) is 1.72. The number of hydrogen-bond donors (Lipinski definition) is 1. The zero-order valence-electron chi connectivity index (χ0n) is 9.86. The summed E-state index contributed by atoms with van der Waals surface area (Å²) in [5.74, 6) is 0. The second-order valence-corrected chi connectivity index (χ2v) is 4.94. The molecule has 1 aromatic heterocycles. The number of imidazole rings is 1. The van der Waals surface area contributed by atoms with E-state index in [0.717, 1.165) is 29.7 Å². The van der Waals surface area contributed by atoms with Gasteiger partial charge >= 0.3 is 0 Å². The van der Waals surface area contributed by atoms with Crippen molar-refractivity contribution in [2.75, 3.05) is 13.6 Å². The Balaban J connectivity index is 2.01. The van der Waals surface area contributed by atoms with E-state index < -0.39 is 0 Å². The third-order valence-corrected chi connectivity index (χ3v) is 3.07. The van der Waals surface area contributed by atoms with E-state index in [9.17, 15) is 0 Å². The number of nitrogens with zero attached hydrogens (tertiary/aromatic N) is 2. The summed E-state index contributed by atoms with van der Waals surface area (Å²) in [6.07, 6.45) is 4.98. The number of rotatable bonds is 5. The van der Waals surface area contributed by atoms with Crippen molar-refractivity contribution in [2.24, 2.45) is 0 Å². The van der Waals surface area contributed by atoms with Gasteiger partial charge in [0, 0.05) is 30.2 Å². The first-order chi connectivity index (χ1) is 8.28. The van der Waals surface area contributed by atoms with Crippen LogP contribution < -0.4 is 5.32 Å². The van der Waals surface area contributed by atoms with Crippen molar-refractivity contribution in [1.29, 1.82) is 0 Å². The minimum atomic E-state index is 0.867. The van der Waals surface area contributed by atoms with Crippen molar-refractivity contribution in [3.63, 3.8) is 0 Å². The maximum atomic E-state index is 4.38. The molecule has 4 heteroatoms. The molecule has 0 unspecified atom stereocenters. The average molecular weight is 294 g/mol. The monoisotopic (exact) mass is 293 g/mol. The summed E-state index contributed by atoms with van der Waals surface area (Å²) in [6, 6.07) is 8.35. The highest BCUT2D eigenvalue weighted by Gasteiger charge is 2.00. The van der Waals surface area contributed by atoms with Crippen LogP contribution in [-0.4, -0.2) is 23.1 Å². The second kappa shape index (κ2) is 5.98. The molecule has 0 bridgehead atoms. The average Bonchev–Trinajstić information content (AvgIpc) is 2.74. The van der Waals surface area contributed by atoms with Crippen molar-refractivity contribution < 1.29 is 0 Å². The lowest BCUT2D eigenvalue weighted by molar-refractivity contribution is 0.773. The highest BCUT2D eigenvalue weighted by Crippen LogP contribution is 2.12. The highest BCUT2D eigenvalue weighted by molar-refractivity contribution is 9.10. The molecule has 2 aromatic rings. The van der Waals surface area contributed by atoms with Gasteiger partial charge in [-0.1, -0.05) is 28.1 Å². The summed E-state index contributed by atoms with van der Waals surface area (Å²) in [5, 5.41) is 3.13. The van der Waals surface area contributed by atoms with Gasteiger partial charge in [-0.05, 0) is 24.7 Å². The molecule has 0 amide bonds. The Morgan fingerprint density at radius 1 is 1.41 bits per heavy atom. The van der Waals surface area contributed by atoms with Crippen LogP contribution in [0.4, 0.5) is 0 Å². The van der Waals surface area contributed by atoms with Gasteiger partial charge in [-0.3, -0.25) is 0 Å². The lowest BCUT2D eigenvalue weighted by Gasteiger charge is -2.02. The molecule has 0 saturated heterocycles. The van der Waals surface area contributed by atoms with Gasteiger partial charge in [0.15, 0.2) is 0 Å². The molecule has 0 saturated carbocycles. The normalized spacial score (nSPS) is 10.7. The lowest BCUT2D eigenvalue weighted by atomic mass is 10.2. The van der Waals surface area contributed by atoms with Gasteiger partial charge in [0.1, 0.15) is 0 Å². The maximum Gasteiger partial charge on any atom is 0.0952 e. The van der Waals surface area contributed by atoms with Crippen LogP contribution in [0.25, 0.3) is 0 Å². The molecule has 0 spiro atoms. The van der Waals surface area contributed by atoms with Crippen molar-refractivity contribution in [3.05, 3.63) is 52.5 Å². The fraction of sp³-hybridized carbons (Fsp3) is 0.308. The predicted molar refractivity (Wildman–Crippen MR) is 73.1 cm³/mol. The van der Waals surface area contributed by atoms with Crippen molar-refractivity contribution >= 4 is 15.9 Å². The molecule has 0 aliphatic rings. The Hall–Kier alpha value is -1.13. The zero-order valence-corrected chi connectivity index (χ0v) is 11.4. The van der Waals surface area contributed by atoms with Crippen molar-refractivity contribution in [2.45, 2.75) is 13.0 Å². The van der Waals surface area contributed by atoms with Gasteiger partial charge in [0.2, 0.25) is 0 Å². The quantitative estimate of drug-likeness (QED) is 0.918. The minimum absolute atomic E-state index is 0.867. The zero-order chi connectivity index (χ0) is 12.1. The number of benzene rings is 1. The van der Waals surface area contributed by atoms with E-state index in [1.165, 1.54) is 5.56 Å². The van der Waals surface area contributed by atoms with Crippen molar-refractivity contribution in [1.82, 2.24) is 14.9 Å². The molecule has 0 fully saturated rings. The number of likely N-dealkylation sites (N-methyl/N-ethyl adjacent to an activating group) is 1. The highest BCUT2D eigenvalue weighted by atomic mass is 79.9. The van der Waals surface area contributed by atoms with E-state index >= 15 is 0 Å². The molecular formula is C13H16BrN3. The molecule has 2 rings (SSSR count). The fourth-order valence-corrected chi connectivity index (χ4v) is 2.17. The number of halogens is 1. The SMILES string of the molecule is CNCCc1cn(Cc2cccc(Br)c2)cn1. The molecule has 1 N–H and O–H groups in total. The van der Waals surface area contributed by atoms with Crippen LogP contribution in [0.1, 0.15) is 11.3 Å². The summed E-state index contributed by atoms with van der Waals surface area (Å²) in [7, 11) is 1.96. The molecule has 1 aromatic carbocycles. The van der Waals surface area contributed by atoms with Gasteiger partial charge < -0.3 is 9.88 Å². The van der Waals surface area contributed by atoms with E-state index in [4.69, 9.17) is 0 Å². The molecule has 90 valence electrons. The predicted octanol–water partition coefficient (Wildman–Crippen LogP) is 2.46. The van der Waals surface area contributed by atoms with Gasteiger partial charge in [0.25, 0.3) is 0 Å². The van der Waals surface area contributed by atoms with E-state index in [0.29, 0.717) is 0 Å². The van der Waals surface area contributed by atoms with Crippen LogP contribution in [0, 0.1) is 0 Å². The summed E-state index contributed by atoms with van der Waals surface area (Å²) >= 11 is 3.48. The van der Waals surface area contributed by atoms with Gasteiger partial charge in [-0.15, -0.1) is 0 Å². The van der Waals surface area contributed by atoms with Gasteiger partial charge in [-0.25, -0.2) is 4.98 Å². The second-order valence-electron chi connectivity index (χ2n) is 4.02. The largest absolute Gasteiger partial charge is 0.333 e. The first kappa shape index (κ1) is 12.3. The summed E-state index contributed by atoms with van der Waals surface area (Å²) in [6.45, 7) is 1.83. The topological polar surface area (TPSA) is 29.9 Å². The molecule has 17 heavy (non-hydrogen) atoms. The van der Waals surface area contributed by atoms with Crippen LogP contribution >= 0.6 is 15.9 Å². The Morgan fingerprint density at radius 2 is 2.29 bits per heavy atom. The lowest BCUT2D eigenvalue weighted by Crippen LogP contribution is -2.10. The van der Waals surface area contributed by atoms with Crippen LogP contribution in [0.3, 0.4) is 0 Å². The number of hydrogen-bond acceptors (Lipinski definition) is 2. The Morgan fingerprint density at radius 3 is 3.06 bits per heavy atom. The molecule has 0 atom stereocenters. The Bertz CT molecular complexity index is 479. The summed E-state index contributed by atoms with van der Waals surface area (Å²) in [5.41, 5.74) is 2.41. The van der Waals surface area contributed by atoms with E-state index in [1.807, 2.05) is 19.4 Å². The number of aromatic nitrogens is 2. The molecule has 0 radical (unpaired) electrons. The van der Waals surface area contributed by atoms with Gasteiger partial charge in [-0.2, -0.15) is 0 Å². The van der Waals surface area contributed by atoms with E-state index in [1.54, 1.807) is 0 Å². The smallest absolute Gasteiger partial charge is 0.0952 e. The van der Waals surface area contributed by atoms with E-state index in [2.05, 4.69) is 55.2 Å². The minimum Gasteiger partial charge on any atom is -0.333 e. The van der Waals surface area contributed by atoms with Crippen LogP contribution in [0.5, 0.6) is 0 Å². The third kappa shape index (κ3) is 3.68.